The van der Waals surface area contributed by atoms with E-state index in [1.807, 2.05) is 0 Å². The van der Waals surface area contributed by atoms with Crippen LogP contribution in [0.15, 0.2) is 4.42 Å². The SMILES string of the molecule is CC(N)c1nnc(NCCS(C)(=O)=O)o1. The van der Waals surface area contributed by atoms with Crippen molar-refractivity contribution in [3.05, 3.63) is 5.89 Å². The Balaban J connectivity index is 2.45. The number of nitrogens with zero attached hydrogens (tertiary/aromatic N) is 2. The summed E-state index contributed by atoms with van der Waals surface area (Å²) in [4.78, 5) is 0. The fourth-order valence-corrected chi connectivity index (χ4v) is 1.31. The number of sulfone groups is 1. The fourth-order valence-electron chi connectivity index (χ4n) is 0.833. The highest BCUT2D eigenvalue weighted by Crippen LogP contribution is 2.10. The first-order chi connectivity index (χ1) is 6.88. The van der Waals surface area contributed by atoms with E-state index in [4.69, 9.17) is 10.2 Å². The summed E-state index contributed by atoms with van der Waals surface area (Å²) < 4.78 is 26.7. The van der Waals surface area contributed by atoms with Crippen LogP contribution < -0.4 is 11.1 Å². The van der Waals surface area contributed by atoms with Crippen molar-refractivity contribution in [3.8, 4) is 0 Å². The van der Waals surface area contributed by atoms with Crippen LogP contribution in [0.25, 0.3) is 0 Å². The smallest absolute Gasteiger partial charge is 0.315 e. The van der Waals surface area contributed by atoms with E-state index in [0.717, 1.165) is 6.26 Å². The molecule has 0 fully saturated rings. The minimum absolute atomic E-state index is 0.0168. The number of anilines is 1. The molecule has 1 unspecified atom stereocenters. The molecule has 1 aromatic heterocycles. The van der Waals surface area contributed by atoms with Crippen LogP contribution in [0.1, 0.15) is 18.9 Å². The van der Waals surface area contributed by atoms with E-state index in [2.05, 4.69) is 15.5 Å². The number of rotatable bonds is 5. The molecule has 1 atom stereocenters. The number of hydrogen-bond acceptors (Lipinski definition) is 7. The Morgan fingerprint density at radius 2 is 2.20 bits per heavy atom. The standard InChI is InChI=1S/C7H14N4O3S/c1-5(8)6-10-11-7(14-6)9-3-4-15(2,12)13/h5H,3-4,8H2,1-2H3,(H,9,11). The highest BCUT2D eigenvalue weighted by molar-refractivity contribution is 7.90. The average Bonchev–Trinajstić information content (AvgIpc) is 2.50. The quantitative estimate of drug-likeness (QED) is 0.709. The van der Waals surface area contributed by atoms with Gasteiger partial charge < -0.3 is 15.5 Å². The summed E-state index contributed by atoms with van der Waals surface area (Å²) >= 11 is 0. The first kappa shape index (κ1) is 11.9. The third-order valence-electron chi connectivity index (χ3n) is 1.58. The van der Waals surface area contributed by atoms with Crippen LogP contribution >= 0.6 is 0 Å². The van der Waals surface area contributed by atoms with Crippen LogP contribution in [-0.2, 0) is 9.84 Å². The zero-order valence-corrected chi connectivity index (χ0v) is 9.41. The third kappa shape index (κ3) is 4.26. The molecule has 0 radical (unpaired) electrons. The molecule has 7 nitrogen and oxygen atoms in total. The fraction of sp³-hybridized carbons (Fsp3) is 0.714. The van der Waals surface area contributed by atoms with Crippen LogP contribution in [0.3, 0.4) is 0 Å². The zero-order chi connectivity index (χ0) is 11.5. The van der Waals surface area contributed by atoms with E-state index in [-0.39, 0.29) is 24.4 Å². The Morgan fingerprint density at radius 1 is 1.53 bits per heavy atom. The van der Waals surface area contributed by atoms with Crippen molar-refractivity contribution in [2.24, 2.45) is 5.73 Å². The van der Waals surface area contributed by atoms with Crippen molar-refractivity contribution in [2.45, 2.75) is 13.0 Å². The van der Waals surface area contributed by atoms with Gasteiger partial charge in [-0.1, -0.05) is 5.10 Å². The molecule has 0 aliphatic carbocycles. The Kier molecular flexibility index (Phi) is 3.64. The van der Waals surface area contributed by atoms with E-state index in [0.29, 0.717) is 5.89 Å². The maximum atomic E-state index is 10.8. The normalized spacial score (nSPS) is 13.8. The van der Waals surface area contributed by atoms with Gasteiger partial charge in [0, 0.05) is 12.8 Å². The molecular formula is C7H14N4O3S. The first-order valence-corrected chi connectivity index (χ1v) is 6.45. The lowest BCUT2D eigenvalue weighted by Crippen LogP contribution is -2.14. The lowest BCUT2D eigenvalue weighted by molar-refractivity contribution is 0.473. The van der Waals surface area contributed by atoms with Gasteiger partial charge in [0.2, 0.25) is 5.89 Å². The largest absolute Gasteiger partial charge is 0.406 e. The van der Waals surface area contributed by atoms with Crippen molar-refractivity contribution in [2.75, 3.05) is 23.9 Å². The lowest BCUT2D eigenvalue weighted by Gasteiger charge is -1.99. The van der Waals surface area contributed by atoms with Gasteiger partial charge in [-0.3, -0.25) is 0 Å². The molecular weight excluding hydrogens is 220 g/mol. The molecule has 3 N–H and O–H groups in total. The van der Waals surface area contributed by atoms with Crippen molar-refractivity contribution in [1.29, 1.82) is 0 Å². The molecule has 0 amide bonds. The van der Waals surface area contributed by atoms with Crippen LogP contribution in [0.5, 0.6) is 0 Å². The number of nitrogens with two attached hydrogens (primary N) is 1. The first-order valence-electron chi connectivity index (χ1n) is 4.39. The molecule has 0 saturated heterocycles. The summed E-state index contributed by atoms with van der Waals surface area (Å²) in [7, 11) is -2.98. The van der Waals surface area contributed by atoms with E-state index < -0.39 is 9.84 Å². The van der Waals surface area contributed by atoms with Crippen molar-refractivity contribution in [3.63, 3.8) is 0 Å². The summed E-state index contributed by atoms with van der Waals surface area (Å²) in [5.41, 5.74) is 5.51. The molecule has 1 rings (SSSR count). The second-order valence-corrected chi connectivity index (χ2v) is 5.55. The Hall–Kier alpha value is -1.15. The highest BCUT2D eigenvalue weighted by atomic mass is 32.2. The minimum Gasteiger partial charge on any atom is -0.406 e. The number of hydrogen-bond donors (Lipinski definition) is 2. The molecule has 0 saturated carbocycles. The van der Waals surface area contributed by atoms with Crippen LogP contribution in [0.4, 0.5) is 6.01 Å². The van der Waals surface area contributed by atoms with Gasteiger partial charge in [0.25, 0.3) is 0 Å². The molecule has 1 heterocycles. The predicted molar refractivity (Wildman–Crippen MR) is 55.1 cm³/mol. The molecule has 86 valence electrons. The Labute approximate surface area is 88.0 Å². The van der Waals surface area contributed by atoms with E-state index >= 15 is 0 Å². The van der Waals surface area contributed by atoms with Gasteiger partial charge >= 0.3 is 6.01 Å². The number of aromatic nitrogens is 2. The van der Waals surface area contributed by atoms with Gasteiger partial charge in [-0.15, -0.1) is 5.10 Å². The lowest BCUT2D eigenvalue weighted by atomic mass is 10.4. The van der Waals surface area contributed by atoms with Gasteiger partial charge in [-0.25, -0.2) is 8.42 Å². The van der Waals surface area contributed by atoms with Crippen LogP contribution in [-0.4, -0.2) is 37.2 Å². The molecule has 0 bridgehead atoms. The van der Waals surface area contributed by atoms with Crippen molar-refractivity contribution >= 4 is 15.9 Å². The van der Waals surface area contributed by atoms with Crippen molar-refractivity contribution < 1.29 is 12.8 Å². The number of nitrogens with one attached hydrogen (secondary N) is 1. The molecule has 15 heavy (non-hydrogen) atoms. The molecule has 0 aliphatic rings. The van der Waals surface area contributed by atoms with Gasteiger partial charge in [0.1, 0.15) is 9.84 Å². The molecule has 0 aliphatic heterocycles. The summed E-state index contributed by atoms with van der Waals surface area (Å²) in [5, 5.41) is 10.0. The van der Waals surface area contributed by atoms with Crippen molar-refractivity contribution in [1.82, 2.24) is 10.2 Å². The van der Waals surface area contributed by atoms with E-state index in [1.165, 1.54) is 0 Å². The molecule has 0 spiro atoms. The maximum absolute atomic E-state index is 10.8. The summed E-state index contributed by atoms with van der Waals surface area (Å²) in [6, 6.07) is -0.145. The third-order valence-corrected chi connectivity index (χ3v) is 2.52. The monoisotopic (exact) mass is 234 g/mol. The summed E-state index contributed by atoms with van der Waals surface area (Å²) in [6.07, 6.45) is 1.16. The summed E-state index contributed by atoms with van der Waals surface area (Å²) in [5.74, 6) is 0.333. The van der Waals surface area contributed by atoms with Gasteiger partial charge in [-0.05, 0) is 6.92 Å². The molecule has 8 heteroatoms. The van der Waals surface area contributed by atoms with Gasteiger partial charge in [0.15, 0.2) is 0 Å². The molecule has 1 aromatic rings. The second-order valence-electron chi connectivity index (χ2n) is 3.29. The Bertz CT molecular complexity index is 412. The van der Waals surface area contributed by atoms with Crippen LogP contribution in [0, 0.1) is 0 Å². The van der Waals surface area contributed by atoms with E-state index in [1.54, 1.807) is 6.92 Å². The average molecular weight is 234 g/mol. The summed E-state index contributed by atoms with van der Waals surface area (Å²) in [6.45, 7) is 1.95. The predicted octanol–water partition coefficient (Wildman–Crippen LogP) is -0.454. The van der Waals surface area contributed by atoms with E-state index in [9.17, 15) is 8.42 Å². The highest BCUT2D eigenvalue weighted by Gasteiger charge is 2.09. The zero-order valence-electron chi connectivity index (χ0n) is 8.60. The Morgan fingerprint density at radius 3 is 2.67 bits per heavy atom. The second kappa shape index (κ2) is 4.58. The maximum Gasteiger partial charge on any atom is 0.315 e. The topological polar surface area (TPSA) is 111 Å². The minimum atomic E-state index is -2.98. The molecule has 0 aromatic carbocycles. The van der Waals surface area contributed by atoms with Gasteiger partial charge in [0.05, 0.1) is 11.8 Å². The van der Waals surface area contributed by atoms with Crippen LogP contribution in [0.2, 0.25) is 0 Å². The van der Waals surface area contributed by atoms with Gasteiger partial charge in [-0.2, -0.15) is 0 Å².